The van der Waals surface area contributed by atoms with E-state index < -0.39 is 0 Å². The van der Waals surface area contributed by atoms with Gasteiger partial charge in [-0.2, -0.15) is 5.10 Å². The summed E-state index contributed by atoms with van der Waals surface area (Å²) in [5.41, 5.74) is 1.04. The fraction of sp³-hybridized carbons (Fsp3) is 0.500. The monoisotopic (exact) mass is 288 g/mol. The molecule has 2 fully saturated rings. The highest BCUT2D eigenvalue weighted by atomic mass is 32.1. The Morgan fingerprint density at radius 1 is 1.25 bits per heavy atom. The fourth-order valence-electron chi connectivity index (χ4n) is 3.07. The van der Waals surface area contributed by atoms with Crippen LogP contribution in [0.3, 0.4) is 0 Å². The van der Waals surface area contributed by atoms with Gasteiger partial charge >= 0.3 is 0 Å². The van der Waals surface area contributed by atoms with Crippen molar-refractivity contribution in [3.05, 3.63) is 29.3 Å². The predicted octanol–water partition coefficient (Wildman–Crippen LogP) is 2.74. The van der Waals surface area contributed by atoms with Crippen LogP contribution in [0.1, 0.15) is 25.3 Å². The maximum atomic E-state index is 5.94. The summed E-state index contributed by atoms with van der Waals surface area (Å²) in [7, 11) is 0. The standard InChI is InChI=1S/C14H16N4OS/c20-14-17-16-13(10-3-6-15-7-4-10)18(14)11-5-8-19-12(11)9-1-2-9/h3-4,6-7,9,11-12H,1-2,5,8H2,(H,17,20). The van der Waals surface area contributed by atoms with Gasteiger partial charge in [0.25, 0.3) is 0 Å². The smallest absolute Gasteiger partial charge is 0.195 e. The number of aromatic amines is 1. The van der Waals surface area contributed by atoms with Crippen LogP contribution in [0.25, 0.3) is 11.4 Å². The molecule has 1 aliphatic heterocycles. The van der Waals surface area contributed by atoms with Gasteiger partial charge in [-0.15, -0.1) is 0 Å². The molecule has 1 aliphatic carbocycles. The molecule has 2 unspecified atom stereocenters. The summed E-state index contributed by atoms with van der Waals surface area (Å²) in [5.74, 6) is 1.59. The van der Waals surface area contributed by atoms with E-state index in [0.29, 0.717) is 22.8 Å². The van der Waals surface area contributed by atoms with Crippen molar-refractivity contribution in [1.82, 2.24) is 19.7 Å². The predicted molar refractivity (Wildman–Crippen MR) is 76.8 cm³/mol. The summed E-state index contributed by atoms with van der Waals surface area (Å²) >= 11 is 5.44. The third-order valence-electron chi connectivity index (χ3n) is 4.16. The summed E-state index contributed by atoms with van der Waals surface area (Å²) in [6.07, 6.45) is 7.41. The lowest BCUT2D eigenvalue weighted by molar-refractivity contribution is 0.0751. The van der Waals surface area contributed by atoms with Gasteiger partial charge in [-0.25, -0.2) is 0 Å². The Labute approximate surface area is 122 Å². The Kier molecular flexibility index (Phi) is 2.93. The molecular weight excluding hydrogens is 272 g/mol. The van der Waals surface area contributed by atoms with Gasteiger partial charge < -0.3 is 4.74 Å². The third kappa shape index (κ3) is 1.99. The Hall–Kier alpha value is -1.53. The molecule has 2 aromatic heterocycles. The number of nitrogens with zero attached hydrogens (tertiary/aromatic N) is 3. The first-order chi connectivity index (χ1) is 9.84. The molecule has 104 valence electrons. The van der Waals surface area contributed by atoms with Gasteiger partial charge in [-0.1, -0.05) is 0 Å². The van der Waals surface area contributed by atoms with Crippen LogP contribution in [0.2, 0.25) is 0 Å². The molecule has 0 spiro atoms. The lowest BCUT2D eigenvalue weighted by Gasteiger charge is -2.20. The van der Waals surface area contributed by atoms with Crippen molar-refractivity contribution in [2.75, 3.05) is 6.61 Å². The zero-order chi connectivity index (χ0) is 13.5. The largest absolute Gasteiger partial charge is 0.376 e. The van der Waals surface area contributed by atoms with Crippen LogP contribution >= 0.6 is 12.2 Å². The van der Waals surface area contributed by atoms with Crippen LogP contribution in [0.5, 0.6) is 0 Å². The van der Waals surface area contributed by atoms with Crippen molar-refractivity contribution in [3.8, 4) is 11.4 Å². The second kappa shape index (κ2) is 4.79. The number of hydrogen-bond donors (Lipinski definition) is 1. The zero-order valence-corrected chi connectivity index (χ0v) is 11.8. The number of nitrogens with one attached hydrogen (secondary N) is 1. The van der Waals surface area contributed by atoms with Gasteiger partial charge in [0.05, 0.1) is 12.1 Å². The average molecular weight is 288 g/mol. The van der Waals surface area contributed by atoms with Crippen molar-refractivity contribution in [2.45, 2.75) is 31.4 Å². The number of H-pyrrole nitrogens is 1. The van der Waals surface area contributed by atoms with E-state index in [1.807, 2.05) is 12.1 Å². The first-order valence-corrected chi connectivity index (χ1v) is 7.44. The van der Waals surface area contributed by atoms with Crippen molar-refractivity contribution in [2.24, 2.45) is 5.92 Å². The molecule has 2 aliphatic rings. The molecule has 0 amide bonds. The Morgan fingerprint density at radius 2 is 2.05 bits per heavy atom. The topological polar surface area (TPSA) is 55.7 Å². The van der Waals surface area contributed by atoms with E-state index in [-0.39, 0.29) is 0 Å². The van der Waals surface area contributed by atoms with E-state index in [4.69, 9.17) is 17.0 Å². The van der Waals surface area contributed by atoms with E-state index in [1.54, 1.807) is 12.4 Å². The van der Waals surface area contributed by atoms with Gasteiger partial charge in [0.15, 0.2) is 10.6 Å². The van der Waals surface area contributed by atoms with Crippen LogP contribution in [0.15, 0.2) is 24.5 Å². The SMILES string of the molecule is S=c1[nH]nc(-c2ccncc2)n1C1CCOC1C1CC1. The van der Waals surface area contributed by atoms with Crippen molar-refractivity contribution in [1.29, 1.82) is 0 Å². The number of rotatable bonds is 3. The van der Waals surface area contributed by atoms with Crippen LogP contribution in [0, 0.1) is 10.7 Å². The van der Waals surface area contributed by atoms with Crippen LogP contribution < -0.4 is 0 Å². The molecule has 1 saturated heterocycles. The molecule has 1 N–H and O–H groups in total. The lowest BCUT2D eigenvalue weighted by Crippen LogP contribution is -2.23. The highest BCUT2D eigenvalue weighted by Crippen LogP contribution is 2.44. The van der Waals surface area contributed by atoms with Crippen molar-refractivity contribution < 1.29 is 4.74 Å². The quantitative estimate of drug-likeness (QED) is 0.882. The van der Waals surface area contributed by atoms with E-state index in [9.17, 15) is 0 Å². The minimum atomic E-state index is 0.292. The number of pyridine rings is 1. The average Bonchev–Trinajstić information content (AvgIpc) is 3.09. The van der Waals surface area contributed by atoms with Gasteiger partial charge in [0.1, 0.15) is 0 Å². The number of aromatic nitrogens is 4. The third-order valence-corrected chi connectivity index (χ3v) is 4.45. The summed E-state index contributed by atoms with van der Waals surface area (Å²) in [5, 5.41) is 7.34. The zero-order valence-electron chi connectivity index (χ0n) is 11.0. The Morgan fingerprint density at radius 3 is 2.80 bits per heavy atom. The molecule has 0 radical (unpaired) electrons. The molecule has 2 atom stereocenters. The second-order valence-electron chi connectivity index (χ2n) is 5.49. The molecule has 3 heterocycles. The van der Waals surface area contributed by atoms with Gasteiger partial charge in [-0.05, 0) is 49.5 Å². The van der Waals surface area contributed by atoms with Gasteiger partial charge in [0, 0.05) is 24.6 Å². The second-order valence-corrected chi connectivity index (χ2v) is 5.87. The summed E-state index contributed by atoms with van der Waals surface area (Å²) in [6, 6.07) is 4.23. The normalized spacial score (nSPS) is 26.0. The highest BCUT2D eigenvalue weighted by molar-refractivity contribution is 7.71. The molecular formula is C14H16N4OS. The molecule has 5 nitrogen and oxygen atoms in total. The molecule has 0 bridgehead atoms. The maximum Gasteiger partial charge on any atom is 0.195 e. The lowest BCUT2D eigenvalue weighted by atomic mass is 10.1. The van der Waals surface area contributed by atoms with Crippen LogP contribution in [-0.2, 0) is 4.74 Å². The van der Waals surface area contributed by atoms with E-state index >= 15 is 0 Å². The molecule has 1 saturated carbocycles. The molecule has 0 aromatic carbocycles. The molecule has 20 heavy (non-hydrogen) atoms. The Balaban J connectivity index is 1.78. The fourth-order valence-corrected chi connectivity index (χ4v) is 3.34. The van der Waals surface area contributed by atoms with Gasteiger partial charge in [-0.3, -0.25) is 14.6 Å². The maximum absolute atomic E-state index is 5.94. The molecule has 6 heteroatoms. The van der Waals surface area contributed by atoms with Crippen LogP contribution in [0.4, 0.5) is 0 Å². The van der Waals surface area contributed by atoms with E-state index in [2.05, 4.69) is 19.7 Å². The molecule has 4 rings (SSSR count). The Bertz CT molecular complexity index is 661. The summed E-state index contributed by atoms with van der Waals surface area (Å²) in [6.45, 7) is 0.814. The van der Waals surface area contributed by atoms with Crippen molar-refractivity contribution in [3.63, 3.8) is 0 Å². The van der Waals surface area contributed by atoms with Gasteiger partial charge in [0.2, 0.25) is 0 Å². The highest BCUT2D eigenvalue weighted by Gasteiger charge is 2.42. The molecule has 2 aromatic rings. The van der Waals surface area contributed by atoms with E-state index in [1.165, 1.54) is 12.8 Å². The minimum Gasteiger partial charge on any atom is -0.376 e. The minimum absolute atomic E-state index is 0.292. The number of ether oxygens (including phenoxy) is 1. The summed E-state index contributed by atoms with van der Waals surface area (Å²) < 4.78 is 8.76. The number of hydrogen-bond acceptors (Lipinski definition) is 4. The first-order valence-electron chi connectivity index (χ1n) is 7.03. The van der Waals surface area contributed by atoms with Crippen LogP contribution in [-0.4, -0.2) is 32.5 Å². The van der Waals surface area contributed by atoms with E-state index in [0.717, 1.165) is 24.4 Å². The summed E-state index contributed by atoms with van der Waals surface area (Å²) in [4.78, 5) is 4.06. The van der Waals surface area contributed by atoms with Crippen molar-refractivity contribution >= 4 is 12.2 Å². The first kappa shape index (κ1) is 12.2.